The van der Waals surface area contributed by atoms with Gasteiger partial charge in [-0.3, -0.25) is 9.69 Å². The number of nitrogens with zero attached hydrogens (tertiary/aromatic N) is 2. The lowest BCUT2D eigenvalue weighted by molar-refractivity contribution is -0.121. The fraction of sp³-hybridized carbons (Fsp3) is 0.263. The molecule has 1 heterocycles. The minimum absolute atomic E-state index is 0.166. The summed E-state index contributed by atoms with van der Waals surface area (Å²) in [5.74, 6) is -1.58. The molecule has 1 amide bonds. The third-order valence-corrected chi connectivity index (χ3v) is 4.52. The molecule has 1 aliphatic heterocycles. The number of carboxylic acids is 1. The Morgan fingerprint density at radius 2 is 1.92 bits per heavy atom. The molecule has 0 aromatic heterocycles. The highest BCUT2D eigenvalue weighted by atomic mass is 19.1. The van der Waals surface area contributed by atoms with Gasteiger partial charge in [-0.2, -0.15) is 0 Å². The molecular weight excluding hydrogens is 323 g/mol. The van der Waals surface area contributed by atoms with Crippen LogP contribution in [0.2, 0.25) is 0 Å². The van der Waals surface area contributed by atoms with Gasteiger partial charge >= 0.3 is 5.97 Å². The lowest BCUT2D eigenvalue weighted by Gasteiger charge is -2.24. The Morgan fingerprint density at radius 3 is 2.64 bits per heavy atom. The Bertz CT molecular complexity index is 809. The molecule has 1 atom stereocenters. The van der Waals surface area contributed by atoms with Gasteiger partial charge in [0.25, 0.3) is 0 Å². The molecule has 3 rings (SSSR count). The number of para-hydroxylation sites is 1. The number of benzene rings is 2. The van der Waals surface area contributed by atoms with Gasteiger partial charge in [0.15, 0.2) is 0 Å². The highest BCUT2D eigenvalue weighted by molar-refractivity contribution is 5.99. The van der Waals surface area contributed by atoms with E-state index in [0.29, 0.717) is 25.1 Å². The molecule has 0 aliphatic carbocycles. The quantitative estimate of drug-likeness (QED) is 0.908. The van der Waals surface area contributed by atoms with E-state index in [9.17, 15) is 19.1 Å². The second-order valence-corrected chi connectivity index (χ2v) is 6.12. The van der Waals surface area contributed by atoms with Gasteiger partial charge in [-0.05, 0) is 37.2 Å². The third-order valence-electron chi connectivity index (χ3n) is 4.52. The number of likely N-dealkylation sites (N-methyl/N-ethyl adjacent to an activating group) is 1. The van der Waals surface area contributed by atoms with Gasteiger partial charge in [0.05, 0.1) is 17.3 Å². The molecule has 130 valence electrons. The number of carboxylic acid groups (broad SMARTS) is 1. The van der Waals surface area contributed by atoms with Gasteiger partial charge in [-0.15, -0.1) is 0 Å². The van der Waals surface area contributed by atoms with Crippen LogP contribution in [0.1, 0.15) is 22.3 Å². The molecule has 0 spiro atoms. The second-order valence-electron chi connectivity index (χ2n) is 6.12. The van der Waals surface area contributed by atoms with Crippen LogP contribution in [0.4, 0.5) is 10.1 Å². The number of anilines is 1. The van der Waals surface area contributed by atoms with E-state index < -0.39 is 17.8 Å². The molecular formula is C19H19FN2O3. The largest absolute Gasteiger partial charge is 0.478 e. The highest BCUT2D eigenvalue weighted by Crippen LogP contribution is 2.27. The highest BCUT2D eigenvalue weighted by Gasteiger charge is 2.36. The zero-order chi connectivity index (χ0) is 18.0. The van der Waals surface area contributed by atoms with E-state index in [0.717, 1.165) is 0 Å². The fourth-order valence-electron chi connectivity index (χ4n) is 3.23. The first-order valence-corrected chi connectivity index (χ1v) is 8.06. The standard InChI is InChI=1S/C19H19FN2O3/c1-21(12-13-6-2-3-7-14(13)19(24)25)17-10-11-22(18(17)23)16-9-5-4-8-15(16)20/h2-9,17H,10-12H2,1H3,(H,24,25). The maximum atomic E-state index is 14.0. The van der Waals surface area contributed by atoms with Gasteiger partial charge in [-0.1, -0.05) is 30.3 Å². The van der Waals surface area contributed by atoms with Gasteiger partial charge in [0.2, 0.25) is 5.91 Å². The molecule has 0 saturated carbocycles. The minimum atomic E-state index is -0.991. The van der Waals surface area contributed by atoms with E-state index in [1.807, 2.05) is 4.90 Å². The van der Waals surface area contributed by atoms with E-state index in [1.54, 1.807) is 49.5 Å². The summed E-state index contributed by atoms with van der Waals surface area (Å²) in [5.41, 5.74) is 1.16. The van der Waals surface area contributed by atoms with Gasteiger partial charge in [-0.25, -0.2) is 9.18 Å². The predicted octanol–water partition coefficient (Wildman–Crippen LogP) is 2.76. The summed E-state index contributed by atoms with van der Waals surface area (Å²) in [6, 6.07) is 12.6. The number of carbonyl (C=O) groups is 2. The molecule has 0 radical (unpaired) electrons. The Morgan fingerprint density at radius 1 is 1.24 bits per heavy atom. The summed E-state index contributed by atoms with van der Waals surface area (Å²) < 4.78 is 14.0. The Hall–Kier alpha value is -2.73. The zero-order valence-electron chi connectivity index (χ0n) is 13.9. The maximum Gasteiger partial charge on any atom is 0.336 e. The van der Waals surface area contributed by atoms with Gasteiger partial charge in [0.1, 0.15) is 5.82 Å². The molecule has 1 saturated heterocycles. The zero-order valence-corrected chi connectivity index (χ0v) is 13.9. The molecule has 1 fully saturated rings. The molecule has 1 unspecified atom stereocenters. The van der Waals surface area contributed by atoms with Gasteiger partial charge < -0.3 is 10.0 Å². The van der Waals surface area contributed by atoms with Crippen LogP contribution in [0, 0.1) is 5.82 Å². The summed E-state index contributed by atoms with van der Waals surface area (Å²) in [5, 5.41) is 9.28. The Labute approximate surface area is 145 Å². The topological polar surface area (TPSA) is 60.9 Å². The van der Waals surface area contributed by atoms with Crippen LogP contribution in [0.3, 0.4) is 0 Å². The summed E-state index contributed by atoms with van der Waals surface area (Å²) >= 11 is 0. The number of hydrogen-bond donors (Lipinski definition) is 1. The van der Waals surface area contributed by atoms with Crippen molar-refractivity contribution in [3.8, 4) is 0 Å². The van der Waals surface area contributed by atoms with Crippen LogP contribution in [-0.4, -0.2) is 41.5 Å². The van der Waals surface area contributed by atoms with E-state index in [-0.39, 0.29) is 17.2 Å². The first kappa shape index (κ1) is 17.1. The van der Waals surface area contributed by atoms with Crippen LogP contribution in [0.15, 0.2) is 48.5 Å². The van der Waals surface area contributed by atoms with Crippen molar-refractivity contribution < 1.29 is 19.1 Å². The van der Waals surface area contributed by atoms with Crippen molar-refractivity contribution in [3.05, 3.63) is 65.5 Å². The average molecular weight is 342 g/mol. The smallest absolute Gasteiger partial charge is 0.336 e. The SMILES string of the molecule is CN(Cc1ccccc1C(=O)O)C1CCN(c2ccccc2F)C1=O. The maximum absolute atomic E-state index is 14.0. The molecule has 6 heteroatoms. The average Bonchev–Trinajstić information content (AvgIpc) is 2.97. The van der Waals surface area contributed by atoms with Crippen molar-refractivity contribution >= 4 is 17.6 Å². The van der Waals surface area contributed by atoms with E-state index >= 15 is 0 Å². The molecule has 5 nitrogen and oxygen atoms in total. The normalized spacial score (nSPS) is 17.3. The monoisotopic (exact) mass is 342 g/mol. The summed E-state index contributed by atoms with van der Waals surface area (Å²) in [6.07, 6.45) is 0.568. The fourth-order valence-corrected chi connectivity index (χ4v) is 3.23. The van der Waals surface area contributed by atoms with E-state index in [4.69, 9.17) is 0 Å². The number of carbonyl (C=O) groups excluding carboxylic acids is 1. The number of hydrogen-bond acceptors (Lipinski definition) is 3. The molecule has 1 aliphatic rings. The lowest BCUT2D eigenvalue weighted by atomic mass is 10.1. The van der Waals surface area contributed by atoms with Crippen molar-refractivity contribution in [3.63, 3.8) is 0 Å². The molecule has 0 bridgehead atoms. The third kappa shape index (κ3) is 3.39. The van der Waals surface area contributed by atoms with Crippen LogP contribution in [-0.2, 0) is 11.3 Å². The van der Waals surface area contributed by atoms with Crippen LogP contribution >= 0.6 is 0 Å². The van der Waals surface area contributed by atoms with E-state index in [1.165, 1.54) is 11.0 Å². The van der Waals surface area contributed by atoms with Crippen LogP contribution in [0.25, 0.3) is 0 Å². The van der Waals surface area contributed by atoms with Crippen molar-refractivity contribution in [2.45, 2.75) is 19.0 Å². The Balaban J connectivity index is 1.76. The first-order chi connectivity index (χ1) is 12.0. The summed E-state index contributed by atoms with van der Waals surface area (Å²) in [6.45, 7) is 0.777. The number of aromatic carboxylic acids is 1. The summed E-state index contributed by atoms with van der Waals surface area (Å²) in [4.78, 5) is 27.3. The van der Waals surface area contributed by atoms with E-state index in [2.05, 4.69) is 0 Å². The first-order valence-electron chi connectivity index (χ1n) is 8.06. The molecule has 2 aromatic carbocycles. The second kappa shape index (κ2) is 7.03. The minimum Gasteiger partial charge on any atom is -0.478 e. The lowest BCUT2D eigenvalue weighted by Crippen LogP contribution is -2.39. The molecule has 1 N–H and O–H groups in total. The van der Waals surface area contributed by atoms with Crippen molar-refractivity contribution in [2.75, 3.05) is 18.5 Å². The molecule has 2 aromatic rings. The Kier molecular flexibility index (Phi) is 4.81. The van der Waals surface area contributed by atoms with Crippen LogP contribution in [0.5, 0.6) is 0 Å². The summed E-state index contributed by atoms with van der Waals surface area (Å²) in [7, 11) is 1.78. The number of rotatable bonds is 5. The predicted molar refractivity (Wildman–Crippen MR) is 92.0 cm³/mol. The van der Waals surface area contributed by atoms with Crippen molar-refractivity contribution in [1.82, 2.24) is 4.90 Å². The number of halogens is 1. The van der Waals surface area contributed by atoms with Crippen molar-refractivity contribution in [2.24, 2.45) is 0 Å². The number of amides is 1. The molecule has 25 heavy (non-hydrogen) atoms. The van der Waals surface area contributed by atoms with Crippen molar-refractivity contribution in [1.29, 1.82) is 0 Å². The van der Waals surface area contributed by atoms with Crippen LogP contribution < -0.4 is 4.90 Å². The van der Waals surface area contributed by atoms with Gasteiger partial charge in [0, 0.05) is 13.1 Å².